The van der Waals surface area contributed by atoms with E-state index in [1.165, 1.54) is 0 Å². The largest absolute Gasteiger partial charge is 0.395 e. The van der Waals surface area contributed by atoms with Crippen LogP contribution < -0.4 is 5.32 Å². The summed E-state index contributed by atoms with van der Waals surface area (Å²) in [4.78, 5) is 32.7. The van der Waals surface area contributed by atoms with Gasteiger partial charge >= 0.3 is 0 Å². The van der Waals surface area contributed by atoms with Gasteiger partial charge in [0.05, 0.1) is 12.6 Å². The lowest BCUT2D eigenvalue weighted by atomic mass is 9.94. The molecular formula is C24H36N6O2S. The molecule has 1 unspecified atom stereocenters. The average molecular weight is 473 g/mol. The number of aryl methyl sites for hydroxylation is 2. The third-order valence-corrected chi connectivity index (χ3v) is 7.44. The van der Waals surface area contributed by atoms with Crippen LogP contribution in [0.4, 0.5) is 10.9 Å². The molecule has 0 bridgehead atoms. The molecule has 0 aromatic carbocycles. The lowest BCUT2D eigenvalue weighted by Gasteiger charge is -2.39. The molecule has 2 aliphatic heterocycles. The Kier molecular flexibility index (Phi) is 8.27. The molecule has 2 aliphatic rings. The summed E-state index contributed by atoms with van der Waals surface area (Å²) in [5.41, 5.74) is 1.05. The molecule has 1 amide bonds. The molecule has 9 heteroatoms. The summed E-state index contributed by atoms with van der Waals surface area (Å²) in [5.74, 6) is 2.16. The van der Waals surface area contributed by atoms with Crippen molar-refractivity contribution in [3.63, 3.8) is 0 Å². The van der Waals surface area contributed by atoms with Crippen molar-refractivity contribution >= 4 is 28.2 Å². The zero-order chi connectivity index (χ0) is 23.2. The number of thiazole rings is 1. The number of nitrogens with zero attached hydrogens (tertiary/aromatic N) is 5. The summed E-state index contributed by atoms with van der Waals surface area (Å²) in [6, 6.07) is 1.95. The molecule has 8 nitrogen and oxygen atoms in total. The van der Waals surface area contributed by atoms with Gasteiger partial charge in [-0.25, -0.2) is 15.0 Å². The number of hydrogen-bond donors (Lipinski definition) is 2. The molecule has 180 valence electrons. The number of anilines is 2. The van der Waals surface area contributed by atoms with Gasteiger partial charge in [0, 0.05) is 48.4 Å². The number of aliphatic hydroxyl groups is 1. The highest BCUT2D eigenvalue weighted by molar-refractivity contribution is 7.15. The summed E-state index contributed by atoms with van der Waals surface area (Å²) in [6.07, 6.45) is 8.66. The second-order valence-electron chi connectivity index (χ2n) is 9.12. The van der Waals surface area contributed by atoms with E-state index in [1.807, 2.05) is 24.1 Å². The van der Waals surface area contributed by atoms with Crippen LogP contribution in [0.25, 0.3) is 0 Å². The molecule has 0 radical (unpaired) electrons. The number of aromatic nitrogens is 3. The fraction of sp³-hybridized carbons (Fsp3) is 0.667. The van der Waals surface area contributed by atoms with Crippen molar-refractivity contribution in [1.29, 1.82) is 0 Å². The van der Waals surface area contributed by atoms with Crippen molar-refractivity contribution in [2.45, 2.75) is 70.8 Å². The first-order valence-electron chi connectivity index (χ1n) is 12.3. The van der Waals surface area contributed by atoms with E-state index in [9.17, 15) is 9.90 Å². The molecule has 0 spiro atoms. The highest BCUT2D eigenvalue weighted by Crippen LogP contribution is 2.30. The number of hydrogen-bond acceptors (Lipinski definition) is 8. The minimum atomic E-state index is -0.0795. The van der Waals surface area contributed by atoms with Gasteiger partial charge in [-0.1, -0.05) is 19.8 Å². The van der Waals surface area contributed by atoms with E-state index >= 15 is 0 Å². The van der Waals surface area contributed by atoms with Crippen LogP contribution in [0.5, 0.6) is 0 Å². The van der Waals surface area contributed by atoms with Gasteiger partial charge in [0.2, 0.25) is 5.91 Å². The van der Waals surface area contributed by atoms with Crippen molar-refractivity contribution in [2.24, 2.45) is 0 Å². The maximum atomic E-state index is 13.2. The molecule has 4 heterocycles. The Morgan fingerprint density at radius 1 is 1.21 bits per heavy atom. The molecule has 0 aliphatic carbocycles. The van der Waals surface area contributed by atoms with Gasteiger partial charge in [-0.15, -0.1) is 11.3 Å². The molecule has 2 fully saturated rings. The topological polar surface area (TPSA) is 94.5 Å². The van der Waals surface area contributed by atoms with Gasteiger partial charge in [-0.3, -0.25) is 9.69 Å². The summed E-state index contributed by atoms with van der Waals surface area (Å²) in [6.45, 7) is 7.27. The molecule has 33 heavy (non-hydrogen) atoms. The third-order valence-electron chi connectivity index (χ3n) is 6.62. The second kappa shape index (κ2) is 11.4. The van der Waals surface area contributed by atoms with Gasteiger partial charge in [-0.05, 0) is 45.6 Å². The number of rotatable bonds is 8. The van der Waals surface area contributed by atoms with E-state index in [-0.39, 0.29) is 24.5 Å². The summed E-state index contributed by atoms with van der Waals surface area (Å²) in [5, 5.41) is 13.6. The molecular weight excluding hydrogens is 436 g/mol. The van der Waals surface area contributed by atoms with Crippen LogP contribution in [0.3, 0.4) is 0 Å². The lowest BCUT2D eigenvalue weighted by molar-refractivity contribution is -0.139. The number of piperidine rings is 2. The molecule has 2 aromatic heterocycles. The summed E-state index contributed by atoms with van der Waals surface area (Å²) < 4.78 is 0. The standard InChI is InChI=1S/C24H36N6O2S/c1-3-6-19-15-21(28-24-25-16-17(2)33-24)27-22(26-19)18-8-11-30(12-9-18)23(32)20-7-4-5-10-29(20)13-14-31/h15-16,18,20,31H,3-14H2,1-2H3,(H,25,26,27,28). The van der Waals surface area contributed by atoms with E-state index in [1.54, 1.807) is 11.3 Å². The fourth-order valence-corrected chi connectivity index (χ4v) is 5.58. The Balaban J connectivity index is 1.42. The highest BCUT2D eigenvalue weighted by atomic mass is 32.1. The minimum Gasteiger partial charge on any atom is -0.395 e. The minimum absolute atomic E-state index is 0.0795. The van der Waals surface area contributed by atoms with Crippen LogP contribution in [0.15, 0.2) is 12.3 Å². The number of likely N-dealkylation sites (tertiary alicyclic amines) is 2. The Morgan fingerprint density at radius 3 is 2.73 bits per heavy atom. The third kappa shape index (κ3) is 6.07. The van der Waals surface area contributed by atoms with E-state index in [0.717, 1.165) is 91.9 Å². The van der Waals surface area contributed by atoms with E-state index in [0.29, 0.717) is 6.54 Å². The quantitative estimate of drug-likeness (QED) is 0.607. The smallest absolute Gasteiger partial charge is 0.239 e. The first kappa shape index (κ1) is 24.0. The number of aliphatic hydroxyl groups excluding tert-OH is 1. The molecule has 2 N–H and O–H groups in total. The van der Waals surface area contributed by atoms with Crippen molar-refractivity contribution in [1.82, 2.24) is 24.8 Å². The summed E-state index contributed by atoms with van der Waals surface area (Å²) >= 11 is 1.62. The first-order valence-corrected chi connectivity index (χ1v) is 13.1. The number of β-amino-alcohol motifs (C(OH)–C–C–N with tert-alkyl or cyclic N) is 1. The second-order valence-corrected chi connectivity index (χ2v) is 10.4. The molecule has 1 atom stereocenters. The lowest BCUT2D eigenvalue weighted by Crippen LogP contribution is -2.53. The van der Waals surface area contributed by atoms with Gasteiger partial charge < -0.3 is 15.3 Å². The van der Waals surface area contributed by atoms with Crippen molar-refractivity contribution in [2.75, 3.05) is 38.1 Å². The van der Waals surface area contributed by atoms with Crippen LogP contribution in [-0.2, 0) is 11.2 Å². The van der Waals surface area contributed by atoms with Gasteiger partial charge in [0.25, 0.3) is 0 Å². The normalized spacial score (nSPS) is 20.2. The average Bonchev–Trinajstić information content (AvgIpc) is 3.24. The van der Waals surface area contributed by atoms with E-state index in [4.69, 9.17) is 9.97 Å². The number of carbonyl (C=O) groups is 1. The Bertz CT molecular complexity index is 925. The number of amides is 1. The molecule has 4 rings (SSSR count). The van der Waals surface area contributed by atoms with Crippen LogP contribution >= 0.6 is 11.3 Å². The Hall–Kier alpha value is -2.10. The SMILES string of the molecule is CCCc1cc(Nc2ncc(C)s2)nc(C2CCN(C(=O)C3CCCCN3CCO)CC2)n1. The van der Waals surface area contributed by atoms with Gasteiger partial charge in [0.15, 0.2) is 5.13 Å². The Labute approximate surface area is 200 Å². The maximum Gasteiger partial charge on any atom is 0.239 e. The molecule has 2 aromatic rings. The van der Waals surface area contributed by atoms with E-state index in [2.05, 4.69) is 22.1 Å². The van der Waals surface area contributed by atoms with Crippen molar-refractivity contribution in [3.05, 3.63) is 28.7 Å². The predicted octanol–water partition coefficient (Wildman–Crippen LogP) is 3.49. The summed E-state index contributed by atoms with van der Waals surface area (Å²) in [7, 11) is 0. The number of nitrogens with one attached hydrogen (secondary N) is 1. The molecule has 0 saturated carbocycles. The zero-order valence-electron chi connectivity index (χ0n) is 19.8. The van der Waals surface area contributed by atoms with Gasteiger partial charge in [-0.2, -0.15) is 0 Å². The number of carbonyl (C=O) groups excluding carboxylic acids is 1. The van der Waals surface area contributed by atoms with Crippen LogP contribution in [0.1, 0.15) is 67.8 Å². The van der Waals surface area contributed by atoms with Crippen molar-refractivity contribution < 1.29 is 9.90 Å². The molecule has 2 saturated heterocycles. The Morgan fingerprint density at radius 2 is 2.03 bits per heavy atom. The van der Waals surface area contributed by atoms with Crippen LogP contribution in [0, 0.1) is 6.92 Å². The predicted molar refractivity (Wildman–Crippen MR) is 131 cm³/mol. The fourth-order valence-electron chi connectivity index (χ4n) is 4.91. The van der Waals surface area contributed by atoms with Crippen LogP contribution in [-0.4, -0.2) is 74.6 Å². The van der Waals surface area contributed by atoms with Gasteiger partial charge in [0.1, 0.15) is 11.6 Å². The van der Waals surface area contributed by atoms with Crippen LogP contribution in [0.2, 0.25) is 0 Å². The van der Waals surface area contributed by atoms with Crippen molar-refractivity contribution in [3.8, 4) is 0 Å². The first-order chi connectivity index (χ1) is 16.1. The maximum absolute atomic E-state index is 13.2. The monoisotopic (exact) mass is 472 g/mol. The highest BCUT2D eigenvalue weighted by Gasteiger charge is 2.34. The van der Waals surface area contributed by atoms with E-state index < -0.39 is 0 Å². The zero-order valence-corrected chi connectivity index (χ0v) is 20.6.